The number of anilines is 1. The summed E-state index contributed by atoms with van der Waals surface area (Å²) >= 11 is 3.36. The summed E-state index contributed by atoms with van der Waals surface area (Å²) in [7, 11) is 0. The summed E-state index contributed by atoms with van der Waals surface area (Å²) in [5.74, 6) is 0.614. The Hall–Kier alpha value is -1.62. The van der Waals surface area contributed by atoms with E-state index >= 15 is 0 Å². The molecule has 100 valence electrons. The fourth-order valence-corrected chi connectivity index (χ4v) is 2.25. The molecule has 1 N–H and O–H groups in total. The lowest BCUT2D eigenvalue weighted by atomic mass is 10.2. The quantitative estimate of drug-likeness (QED) is 0.934. The van der Waals surface area contributed by atoms with E-state index in [0.29, 0.717) is 5.56 Å². The number of carbonyl (C=O) groups excluding carboxylic acids is 1. The Morgan fingerprint density at radius 1 is 1.42 bits per heavy atom. The molecule has 1 amide bonds. The monoisotopic (exact) mass is 321 g/mol. The van der Waals surface area contributed by atoms with Crippen molar-refractivity contribution in [2.24, 2.45) is 0 Å². The molecule has 0 atom stereocenters. The summed E-state index contributed by atoms with van der Waals surface area (Å²) in [5.41, 5.74) is 1.52. The highest BCUT2D eigenvalue weighted by Crippen LogP contribution is 2.15. The topological polar surface area (TPSA) is 46.9 Å². The van der Waals surface area contributed by atoms with E-state index in [1.165, 1.54) is 0 Å². The van der Waals surface area contributed by atoms with Gasteiger partial charge in [0.15, 0.2) is 0 Å². The van der Waals surface area contributed by atoms with Crippen molar-refractivity contribution in [3.05, 3.63) is 46.1 Å². The highest BCUT2D eigenvalue weighted by atomic mass is 79.9. The number of amides is 1. The molecule has 0 fully saturated rings. The zero-order valence-electron chi connectivity index (χ0n) is 11.0. The zero-order chi connectivity index (χ0) is 13.8. The fraction of sp³-hybridized carbons (Fsp3) is 0.286. The molecule has 0 aliphatic heterocycles. The third-order valence-corrected chi connectivity index (χ3v) is 3.16. The summed E-state index contributed by atoms with van der Waals surface area (Å²) < 4.78 is 2.71. The van der Waals surface area contributed by atoms with E-state index in [9.17, 15) is 4.79 Å². The molecule has 2 rings (SSSR count). The molecule has 2 aromatic rings. The van der Waals surface area contributed by atoms with Crippen molar-refractivity contribution >= 4 is 27.7 Å². The van der Waals surface area contributed by atoms with Gasteiger partial charge in [0.25, 0.3) is 5.91 Å². The van der Waals surface area contributed by atoms with Gasteiger partial charge < -0.3 is 5.32 Å². The van der Waals surface area contributed by atoms with Crippen LogP contribution in [0.4, 0.5) is 5.82 Å². The van der Waals surface area contributed by atoms with Crippen LogP contribution >= 0.6 is 15.9 Å². The number of aromatic nitrogens is 2. The SMILES string of the molecule is CCCn1nc(C)cc1NC(=O)c1cccc(Br)c1. The molecule has 0 radical (unpaired) electrons. The molecule has 4 nitrogen and oxygen atoms in total. The first kappa shape index (κ1) is 13.8. The van der Waals surface area contributed by atoms with Crippen LogP contribution in [0.1, 0.15) is 29.4 Å². The minimum atomic E-state index is -0.126. The maximum Gasteiger partial charge on any atom is 0.256 e. The Balaban J connectivity index is 2.19. The largest absolute Gasteiger partial charge is 0.307 e. The first-order valence-electron chi connectivity index (χ1n) is 6.21. The average molecular weight is 322 g/mol. The van der Waals surface area contributed by atoms with Crippen LogP contribution in [0.25, 0.3) is 0 Å². The summed E-state index contributed by atoms with van der Waals surface area (Å²) in [6.45, 7) is 4.79. The molecule has 0 aliphatic carbocycles. The number of nitrogens with zero attached hydrogens (tertiary/aromatic N) is 2. The lowest BCUT2D eigenvalue weighted by molar-refractivity contribution is 0.102. The molecule has 0 aliphatic rings. The predicted octanol–water partition coefficient (Wildman–Crippen LogP) is 3.62. The second-order valence-electron chi connectivity index (χ2n) is 4.36. The standard InChI is InChI=1S/C14H16BrN3O/c1-3-7-18-13(8-10(2)17-18)16-14(19)11-5-4-6-12(15)9-11/h4-6,8-9H,3,7H2,1-2H3,(H,16,19). The minimum absolute atomic E-state index is 0.126. The number of hydrogen-bond acceptors (Lipinski definition) is 2. The predicted molar refractivity (Wildman–Crippen MR) is 79.4 cm³/mol. The van der Waals surface area contributed by atoms with Crippen LogP contribution in [0.5, 0.6) is 0 Å². The molecule has 1 aromatic heterocycles. The molecule has 1 heterocycles. The number of aryl methyl sites for hydroxylation is 2. The molecule has 0 saturated carbocycles. The zero-order valence-corrected chi connectivity index (χ0v) is 12.6. The molecule has 0 spiro atoms. The summed E-state index contributed by atoms with van der Waals surface area (Å²) in [6.07, 6.45) is 0.973. The maximum atomic E-state index is 12.2. The van der Waals surface area contributed by atoms with E-state index in [1.807, 2.05) is 29.8 Å². The van der Waals surface area contributed by atoms with Crippen LogP contribution in [0.3, 0.4) is 0 Å². The van der Waals surface area contributed by atoms with Gasteiger partial charge in [-0.3, -0.25) is 4.79 Å². The van der Waals surface area contributed by atoms with E-state index in [-0.39, 0.29) is 5.91 Å². The number of carbonyl (C=O) groups is 1. The second-order valence-corrected chi connectivity index (χ2v) is 5.27. The Kier molecular flexibility index (Phi) is 4.37. The van der Waals surface area contributed by atoms with Crippen molar-refractivity contribution in [3.8, 4) is 0 Å². The number of nitrogens with one attached hydrogen (secondary N) is 1. The van der Waals surface area contributed by atoms with Crippen molar-refractivity contribution in [3.63, 3.8) is 0 Å². The van der Waals surface area contributed by atoms with Crippen LogP contribution in [-0.4, -0.2) is 15.7 Å². The van der Waals surface area contributed by atoms with E-state index in [2.05, 4.69) is 33.3 Å². The Morgan fingerprint density at radius 3 is 2.89 bits per heavy atom. The van der Waals surface area contributed by atoms with Gasteiger partial charge in [0.2, 0.25) is 0 Å². The second kappa shape index (κ2) is 6.02. The summed E-state index contributed by atoms with van der Waals surface area (Å²) in [6, 6.07) is 9.19. The van der Waals surface area contributed by atoms with Crippen LogP contribution in [0.2, 0.25) is 0 Å². The van der Waals surface area contributed by atoms with Crippen molar-refractivity contribution < 1.29 is 4.79 Å². The van der Waals surface area contributed by atoms with Gasteiger partial charge in [-0.05, 0) is 31.5 Å². The number of halogens is 1. The normalized spacial score (nSPS) is 10.5. The van der Waals surface area contributed by atoms with Crippen LogP contribution in [0.15, 0.2) is 34.8 Å². The van der Waals surface area contributed by atoms with Gasteiger partial charge in [-0.1, -0.05) is 28.9 Å². The van der Waals surface area contributed by atoms with Gasteiger partial charge in [0, 0.05) is 22.6 Å². The summed E-state index contributed by atoms with van der Waals surface area (Å²) in [4.78, 5) is 12.2. The summed E-state index contributed by atoms with van der Waals surface area (Å²) in [5, 5.41) is 7.26. The lowest BCUT2D eigenvalue weighted by Crippen LogP contribution is -2.15. The average Bonchev–Trinajstić information content (AvgIpc) is 2.70. The number of hydrogen-bond donors (Lipinski definition) is 1. The van der Waals surface area contributed by atoms with E-state index in [1.54, 1.807) is 12.1 Å². The smallest absolute Gasteiger partial charge is 0.256 e. The van der Waals surface area contributed by atoms with Gasteiger partial charge in [-0.25, -0.2) is 4.68 Å². The first-order chi connectivity index (χ1) is 9.10. The van der Waals surface area contributed by atoms with Crippen LogP contribution in [0, 0.1) is 6.92 Å². The van der Waals surface area contributed by atoms with Gasteiger partial charge in [-0.15, -0.1) is 0 Å². The molecule has 0 unspecified atom stereocenters. The Labute approximate surface area is 120 Å². The molecular formula is C14H16BrN3O. The van der Waals surface area contributed by atoms with Crippen molar-refractivity contribution in [1.82, 2.24) is 9.78 Å². The molecule has 1 aromatic carbocycles. The van der Waals surface area contributed by atoms with E-state index < -0.39 is 0 Å². The van der Waals surface area contributed by atoms with Crippen molar-refractivity contribution in [1.29, 1.82) is 0 Å². The highest BCUT2D eigenvalue weighted by Gasteiger charge is 2.10. The molecule has 19 heavy (non-hydrogen) atoms. The molecule has 0 bridgehead atoms. The third-order valence-electron chi connectivity index (χ3n) is 2.67. The Morgan fingerprint density at radius 2 is 2.21 bits per heavy atom. The van der Waals surface area contributed by atoms with Crippen LogP contribution in [-0.2, 0) is 6.54 Å². The van der Waals surface area contributed by atoms with Gasteiger partial charge in [0.1, 0.15) is 5.82 Å². The van der Waals surface area contributed by atoms with Crippen molar-refractivity contribution in [2.45, 2.75) is 26.8 Å². The maximum absolute atomic E-state index is 12.2. The molecule has 0 saturated heterocycles. The fourth-order valence-electron chi connectivity index (χ4n) is 1.85. The van der Waals surface area contributed by atoms with Gasteiger partial charge in [0.05, 0.1) is 5.69 Å². The van der Waals surface area contributed by atoms with Crippen molar-refractivity contribution in [2.75, 3.05) is 5.32 Å². The van der Waals surface area contributed by atoms with E-state index in [0.717, 1.165) is 29.0 Å². The van der Waals surface area contributed by atoms with Gasteiger partial charge in [-0.2, -0.15) is 5.10 Å². The molecular weight excluding hydrogens is 306 g/mol. The van der Waals surface area contributed by atoms with Gasteiger partial charge >= 0.3 is 0 Å². The highest BCUT2D eigenvalue weighted by molar-refractivity contribution is 9.10. The van der Waals surface area contributed by atoms with E-state index in [4.69, 9.17) is 0 Å². The number of benzene rings is 1. The van der Waals surface area contributed by atoms with Crippen LogP contribution < -0.4 is 5.32 Å². The molecule has 5 heteroatoms. The minimum Gasteiger partial charge on any atom is -0.307 e. The number of rotatable bonds is 4. The third kappa shape index (κ3) is 3.44. The Bertz CT molecular complexity index is 592. The lowest BCUT2D eigenvalue weighted by Gasteiger charge is -2.08. The first-order valence-corrected chi connectivity index (χ1v) is 7.01.